The standard InChI is InChI=1S/C11H11N3O2.3C6H5.Sn/c1-2-8-13-11(16)14(10(15)12-13)9-6-4-3-5-7-9;3*1-2-4-6-5-3-1;/h2-7H,1,8H2,(H,12,15);3*1-5H;/q;;;;+1/p-1. The molecule has 1 heterocycles. The average molecular weight is 566 g/mol. The van der Waals surface area contributed by atoms with E-state index in [1.807, 2.05) is 72.8 Å². The first-order chi connectivity index (χ1) is 17.2. The summed E-state index contributed by atoms with van der Waals surface area (Å²) < 4.78 is 7.87. The summed E-state index contributed by atoms with van der Waals surface area (Å²) >= 11 is -4.38. The van der Waals surface area contributed by atoms with Gasteiger partial charge in [0.15, 0.2) is 0 Å². The fraction of sp³-hybridized carbons (Fsp3) is 0.0345. The van der Waals surface area contributed by atoms with Gasteiger partial charge in [0.25, 0.3) is 0 Å². The maximum absolute atomic E-state index is 14.4. The molecule has 5 rings (SSSR count). The van der Waals surface area contributed by atoms with Crippen molar-refractivity contribution in [3.63, 3.8) is 0 Å². The van der Waals surface area contributed by atoms with Crippen molar-refractivity contribution in [2.45, 2.75) is 6.54 Å². The molecule has 35 heavy (non-hydrogen) atoms. The second-order valence-corrected chi connectivity index (χ2v) is 18.4. The summed E-state index contributed by atoms with van der Waals surface area (Å²) in [5.41, 5.74) is -0.159. The number of hydrogen-bond acceptors (Lipinski definition) is 2. The van der Waals surface area contributed by atoms with Crippen molar-refractivity contribution < 1.29 is 0 Å². The normalized spacial score (nSPS) is 11.3. The Balaban J connectivity index is 2.01. The fourth-order valence-electron chi connectivity index (χ4n) is 4.79. The molecule has 0 unspecified atom stereocenters. The molecule has 0 N–H and O–H groups in total. The predicted molar refractivity (Wildman–Crippen MR) is 144 cm³/mol. The van der Waals surface area contributed by atoms with Crippen LogP contribution < -0.4 is 22.1 Å². The molecule has 6 heteroatoms. The van der Waals surface area contributed by atoms with Crippen LogP contribution in [0.4, 0.5) is 0 Å². The summed E-state index contributed by atoms with van der Waals surface area (Å²) in [6, 6.07) is 39.6. The summed E-state index contributed by atoms with van der Waals surface area (Å²) in [6.45, 7) is 4.11. The third-order valence-corrected chi connectivity index (χ3v) is 19.3. The Morgan fingerprint density at radius 3 is 1.40 bits per heavy atom. The molecule has 0 spiro atoms. The van der Waals surface area contributed by atoms with Gasteiger partial charge in [0.1, 0.15) is 0 Å². The first-order valence-corrected chi connectivity index (χ1v) is 17.0. The molecule has 0 aliphatic heterocycles. The Hall–Kier alpha value is -3.84. The van der Waals surface area contributed by atoms with E-state index in [1.54, 1.807) is 25.8 Å². The van der Waals surface area contributed by atoms with Gasteiger partial charge >= 0.3 is 209 Å². The molecule has 5 aromatic rings. The number of nitrogens with zero attached hydrogens (tertiary/aromatic N) is 3. The van der Waals surface area contributed by atoms with Crippen molar-refractivity contribution in [3.05, 3.63) is 155 Å². The minimum absolute atomic E-state index is 0.221. The third kappa shape index (κ3) is 3.82. The van der Waals surface area contributed by atoms with Gasteiger partial charge in [-0.05, 0) is 0 Å². The molecule has 0 aliphatic carbocycles. The first-order valence-electron chi connectivity index (χ1n) is 11.5. The average Bonchev–Trinajstić information content (AvgIpc) is 3.17. The molecular weight excluding hydrogens is 541 g/mol. The van der Waals surface area contributed by atoms with Crippen LogP contribution in [0.1, 0.15) is 0 Å². The van der Waals surface area contributed by atoms with Crippen LogP contribution in [0.15, 0.2) is 144 Å². The number of rotatable bonds is 7. The number of hydrogen-bond donors (Lipinski definition) is 0. The van der Waals surface area contributed by atoms with E-state index in [4.69, 9.17) is 0 Å². The number of aromatic nitrogens is 3. The summed E-state index contributed by atoms with van der Waals surface area (Å²) in [4.78, 5) is 28.2. The van der Waals surface area contributed by atoms with Gasteiger partial charge in [-0.3, -0.25) is 0 Å². The van der Waals surface area contributed by atoms with E-state index in [0.29, 0.717) is 5.69 Å². The second-order valence-electron chi connectivity index (χ2n) is 8.23. The van der Waals surface area contributed by atoms with Gasteiger partial charge < -0.3 is 0 Å². The SMILES string of the molecule is C=CCn1c(=O)n(-c2ccccc2)c(=O)[n]1[Sn]([c]1ccccc1)([c]1ccccc1)[c]1ccccc1. The molecule has 0 aliphatic rings. The van der Waals surface area contributed by atoms with Gasteiger partial charge in [-0.25, -0.2) is 0 Å². The molecule has 0 amide bonds. The molecule has 0 atom stereocenters. The summed E-state index contributed by atoms with van der Waals surface area (Å²) in [7, 11) is 0. The topological polar surface area (TPSA) is 48.9 Å². The minimum atomic E-state index is -4.38. The van der Waals surface area contributed by atoms with Crippen LogP contribution in [0.3, 0.4) is 0 Å². The second kappa shape index (κ2) is 9.80. The number of allylic oxidation sites excluding steroid dienone is 1. The summed E-state index contributed by atoms with van der Waals surface area (Å²) in [6.07, 6.45) is 1.67. The molecule has 172 valence electrons. The molecule has 5 nitrogen and oxygen atoms in total. The van der Waals surface area contributed by atoms with Gasteiger partial charge in [0.2, 0.25) is 0 Å². The Bertz CT molecular complexity index is 1460. The first kappa shape index (κ1) is 22.9. The van der Waals surface area contributed by atoms with Crippen molar-refractivity contribution >= 4 is 29.4 Å². The van der Waals surface area contributed by atoms with Crippen LogP contribution in [-0.2, 0) is 6.54 Å². The molecule has 0 saturated heterocycles. The molecule has 1 aromatic heterocycles. The van der Waals surface area contributed by atoms with E-state index in [9.17, 15) is 9.59 Å². The molecular formula is C29H25N3O2Sn. The maximum atomic E-state index is 14.4. The van der Waals surface area contributed by atoms with Crippen LogP contribution in [0.5, 0.6) is 0 Å². The van der Waals surface area contributed by atoms with Crippen molar-refractivity contribution in [3.8, 4) is 5.69 Å². The zero-order valence-electron chi connectivity index (χ0n) is 19.2. The van der Waals surface area contributed by atoms with Gasteiger partial charge in [-0.15, -0.1) is 0 Å². The van der Waals surface area contributed by atoms with E-state index in [2.05, 4.69) is 43.0 Å². The van der Waals surface area contributed by atoms with Crippen LogP contribution in [0.2, 0.25) is 0 Å². The Labute approximate surface area is 208 Å². The van der Waals surface area contributed by atoms with Crippen LogP contribution in [0, 0.1) is 0 Å². The molecule has 0 fully saturated rings. The van der Waals surface area contributed by atoms with E-state index < -0.39 is 18.7 Å². The Morgan fingerprint density at radius 1 is 0.600 bits per heavy atom. The van der Waals surface area contributed by atoms with Gasteiger partial charge in [0, 0.05) is 0 Å². The Morgan fingerprint density at radius 2 is 1.00 bits per heavy atom. The van der Waals surface area contributed by atoms with Gasteiger partial charge in [-0.2, -0.15) is 0 Å². The molecule has 4 aromatic carbocycles. The van der Waals surface area contributed by atoms with Crippen molar-refractivity contribution in [2.75, 3.05) is 0 Å². The third-order valence-electron chi connectivity index (χ3n) is 6.23. The van der Waals surface area contributed by atoms with Gasteiger partial charge in [-0.1, -0.05) is 0 Å². The van der Waals surface area contributed by atoms with Crippen molar-refractivity contribution in [2.24, 2.45) is 0 Å². The summed E-state index contributed by atoms with van der Waals surface area (Å²) in [5.74, 6) is 0. The van der Waals surface area contributed by atoms with Crippen LogP contribution >= 0.6 is 0 Å². The van der Waals surface area contributed by atoms with E-state index >= 15 is 0 Å². The quantitative estimate of drug-likeness (QED) is 0.225. The van der Waals surface area contributed by atoms with E-state index in [-0.39, 0.29) is 17.9 Å². The molecule has 0 radical (unpaired) electrons. The van der Waals surface area contributed by atoms with Crippen molar-refractivity contribution in [1.82, 2.24) is 12.2 Å². The van der Waals surface area contributed by atoms with Crippen molar-refractivity contribution in [1.29, 1.82) is 0 Å². The predicted octanol–water partition coefficient (Wildman–Crippen LogP) is 2.50. The fourth-order valence-corrected chi connectivity index (χ4v) is 18.1. The monoisotopic (exact) mass is 567 g/mol. The van der Waals surface area contributed by atoms with Crippen LogP contribution in [0.25, 0.3) is 5.69 Å². The number of para-hydroxylation sites is 1. The van der Waals surface area contributed by atoms with Gasteiger partial charge in [0.05, 0.1) is 0 Å². The molecule has 0 saturated carbocycles. The zero-order chi connectivity index (χ0) is 24.3. The van der Waals surface area contributed by atoms with E-state index in [1.165, 1.54) is 4.57 Å². The Kier molecular flexibility index (Phi) is 6.42. The van der Waals surface area contributed by atoms with E-state index in [0.717, 1.165) is 10.7 Å². The summed E-state index contributed by atoms with van der Waals surface area (Å²) in [5, 5.41) is 0. The van der Waals surface area contributed by atoms with Crippen LogP contribution in [-0.4, -0.2) is 30.8 Å². The number of benzene rings is 4. The molecule has 0 bridgehead atoms. The zero-order valence-corrected chi connectivity index (χ0v) is 22.1.